The van der Waals surface area contributed by atoms with E-state index < -0.39 is 0 Å². The maximum atomic E-state index is 12.4. The van der Waals surface area contributed by atoms with Gasteiger partial charge in [0.2, 0.25) is 11.8 Å². The van der Waals surface area contributed by atoms with Crippen LogP contribution in [0.5, 0.6) is 5.75 Å². The number of para-hydroxylation sites is 2. The lowest BCUT2D eigenvalue weighted by Gasteiger charge is -2.10. The molecule has 1 amide bonds. The Balaban J connectivity index is 1.22. The van der Waals surface area contributed by atoms with Crippen molar-refractivity contribution in [2.24, 2.45) is 0 Å². The van der Waals surface area contributed by atoms with Gasteiger partial charge in [-0.15, -0.1) is 0 Å². The Morgan fingerprint density at radius 2 is 1.97 bits per heavy atom. The molecule has 0 saturated heterocycles. The number of amides is 1. The van der Waals surface area contributed by atoms with Gasteiger partial charge in [0.15, 0.2) is 11.0 Å². The van der Waals surface area contributed by atoms with Crippen molar-refractivity contribution in [3.05, 3.63) is 72.5 Å². The molecule has 4 aromatic rings. The van der Waals surface area contributed by atoms with Crippen molar-refractivity contribution in [3.8, 4) is 17.0 Å². The number of ether oxygens (including phenoxy) is 1. The highest BCUT2D eigenvalue weighted by Gasteiger charge is 2.29. The largest absolute Gasteiger partial charge is 0.495 e. The monoisotopic (exact) mass is 461 g/mol. The summed E-state index contributed by atoms with van der Waals surface area (Å²) >= 11 is 1.56. The normalized spacial score (nSPS) is 13.1. The first kappa shape index (κ1) is 21.3. The van der Waals surface area contributed by atoms with Crippen LogP contribution in [0.3, 0.4) is 0 Å². The molecule has 8 nitrogen and oxygen atoms in total. The van der Waals surface area contributed by atoms with Crippen molar-refractivity contribution < 1.29 is 14.1 Å². The fourth-order valence-corrected chi connectivity index (χ4v) is 4.48. The molecule has 33 heavy (non-hydrogen) atoms. The molecule has 0 spiro atoms. The minimum Gasteiger partial charge on any atom is -0.495 e. The van der Waals surface area contributed by atoms with Crippen molar-refractivity contribution in [2.75, 3.05) is 12.4 Å². The van der Waals surface area contributed by atoms with Crippen LogP contribution >= 0.6 is 11.8 Å². The fraction of sp³-hybridized carbons (Fsp3) is 0.250. The number of aromatic nitrogens is 4. The number of benzene rings is 2. The van der Waals surface area contributed by atoms with Crippen molar-refractivity contribution in [2.45, 2.75) is 36.2 Å². The van der Waals surface area contributed by atoms with Gasteiger partial charge < -0.3 is 19.1 Å². The van der Waals surface area contributed by atoms with Crippen molar-refractivity contribution in [3.63, 3.8) is 0 Å². The fourth-order valence-electron chi connectivity index (χ4n) is 3.59. The van der Waals surface area contributed by atoms with Crippen LogP contribution < -0.4 is 10.1 Å². The number of imidazole rings is 1. The van der Waals surface area contributed by atoms with Crippen LogP contribution in [0.25, 0.3) is 11.3 Å². The van der Waals surface area contributed by atoms with E-state index in [1.165, 1.54) is 0 Å². The smallest absolute Gasteiger partial charge is 0.237 e. The van der Waals surface area contributed by atoms with Crippen molar-refractivity contribution in [1.82, 2.24) is 19.7 Å². The van der Waals surface area contributed by atoms with Crippen LogP contribution in [-0.2, 0) is 17.0 Å². The summed E-state index contributed by atoms with van der Waals surface area (Å²) in [6.07, 6.45) is 4.27. The van der Waals surface area contributed by atoms with Gasteiger partial charge in [-0.1, -0.05) is 59.4 Å². The Morgan fingerprint density at radius 3 is 2.76 bits per heavy atom. The zero-order chi connectivity index (χ0) is 22.6. The summed E-state index contributed by atoms with van der Waals surface area (Å²) in [6.45, 7) is 0. The number of nitrogens with one attached hydrogen (secondary N) is 1. The average Bonchev–Trinajstić information content (AvgIpc) is 3.43. The van der Waals surface area contributed by atoms with Crippen LogP contribution in [0.4, 0.5) is 5.69 Å². The molecule has 0 radical (unpaired) electrons. The van der Waals surface area contributed by atoms with Gasteiger partial charge >= 0.3 is 0 Å². The standard InChI is InChI=1S/C24H23N5O3S/c1-31-20-10-6-5-9-18(20)26-22(30)13-21-27-23(32-28-21)15-33-24-25-14-19(29(24)17-11-12-17)16-7-3-2-4-8-16/h2-10,14,17H,11-13,15H2,1H3,(H,26,30). The first-order valence-electron chi connectivity index (χ1n) is 10.7. The molecule has 1 N–H and O–H groups in total. The predicted molar refractivity (Wildman–Crippen MR) is 125 cm³/mol. The first-order chi connectivity index (χ1) is 16.2. The summed E-state index contributed by atoms with van der Waals surface area (Å²) in [5.41, 5.74) is 2.88. The summed E-state index contributed by atoms with van der Waals surface area (Å²) in [5, 5.41) is 7.71. The van der Waals surface area contributed by atoms with E-state index in [4.69, 9.17) is 9.26 Å². The lowest BCUT2D eigenvalue weighted by atomic mass is 10.2. The highest BCUT2D eigenvalue weighted by atomic mass is 32.2. The number of rotatable bonds is 9. The van der Waals surface area contributed by atoms with Crippen LogP contribution in [-0.4, -0.2) is 32.7 Å². The second kappa shape index (κ2) is 9.50. The van der Waals surface area contributed by atoms with E-state index in [1.54, 1.807) is 31.0 Å². The van der Waals surface area contributed by atoms with Gasteiger partial charge in [-0.25, -0.2) is 4.98 Å². The second-order valence-corrected chi connectivity index (χ2v) is 8.65. The molecule has 2 aromatic heterocycles. The lowest BCUT2D eigenvalue weighted by Crippen LogP contribution is -2.15. The van der Waals surface area contributed by atoms with Crippen LogP contribution in [0.1, 0.15) is 30.6 Å². The number of anilines is 1. The molecule has 0 bridgehead atoms. The quantitative estimate of drug-likeness (QED) is 0.359. The van der Waals surface area contributed by atoms with Crippen LogP contribution in [0, 0.1) is 0 Å². The molecule has 5 rings (SSSR count). The van der Waals surface area contributed by atoms with E-state index in [0.29, 0.717) is 34.9 Å². The minimum absolute atomic E-state index is 0.0150. The van der Waals surface area contributed by atoms with Gasteiger partial charge in [-0.2, -0.15) is 4.98 Å². The molecule has 1 aliphatic rings. The third-order valence-electron chi connectivity index (χ3n) is 5.28. The third-order valence-corrected chi connectivity index (χ3v) is 6.23. The summed E-state index contributed by atoms with van der Waals surface area (Å²) in [6, 6.07) is 18.0. The number of carbonyl (C=O) groups is 1. The Morgan fingerprint density at radius 1 is 1.18 bits per heavy atom. The van der Waals surface area contributed by atoms with Crippen molar-refractivity contribution in [1.29, 1.82) is 0 Å². The molecule has 0 atom stereocenters. The number of thioether (sulfide) groups is 1. The lowest BCUT2D eigenvalue weighted by molar-refractivity contribution is -0.115. The molecule has 1 saturated carbocycles. The summed E-state index contributed by atoms with van der Waals surface area (Å²) in [4.78, 5) is 21.4. The molecule has 0 unspecified atom stereocenters. The maximum Gasteiger partial charge on any atom is 0.237 e. The third kappa shape index (κ3) is 4.93. The average molecular weight is 462 g/mol. The van der Waals surface area contributed by atoms with E-state index in [9.17, 15) is 4.79 Å². The van der Waals surface area contributed by atoms with Crippen LogP contribution in [0.15, 0.2) is 70.5 Å². The molecule has 0 aliphatic heterocycles. The Kier molecular flexibility index (Phi) is 6.12. The van der Waals surface area contributed by atoms with Gasteiger partial charge in [0.1, 0.15) is 5.75 Å². The summed E-state index contributed by atoms with van der Waals surface area (Å²) < 4.78 is 12.9. The minimum atomic E-state index is -0.240. The van der Waals surface area contributed by atoms with Crippen molar-refractivity contribution >= 4 is 23.4 Å². The predicted octanol–water partition coefficient (Wildman–Crippen LogP) is 4.75. The van der Waals surface area contributed by atoms with Crippen LogP contribution in [0.2, 0.25) is 0 Å². The molecular weight excluding hydrogens is 438 g/mol. The molecule has 2 aromatic carbocycles. The molecule has 2 heterocycles. The van der Waals surface area contributed by atoms with E-state index >= 15 is 0 Å². The SMILES string of the molecule is COc1ccccc1NC(=O)Cc1noc(CSc2ncc(-c3ccccc3)n2C2CC2)n1. The molecule has 1 fully saturated rings. The number of hydrogen-bond acceptors (Lipinski definition) is 7. The Labute approximate surface area is 195 Å². The van der Waals surface area contributed by atoms with E-state index in [2.05, 4.69) is 37.1 Å². The maximum absolute atomic E-state index is 12.4. The Hall–Kier alpha value is -3.59. The highest BCUT2D eigenvalue weighted by Crippen LogP contribution is 2.42. The second-order valence-electron chi connectivity index (χ2n) is 7.71. The van der Waals surface area contributed by atoms with Gasteiger partial charge in [-0.05, 0) is 30.5 Å². The number of hydrogen-bond donors (Lipinski definition) is 1. The number of methoxy groups -OCH3 is 1. The molecule has 1 aliphatic carbocycles. The summed E-state index contributed by atoms with van der Waals surface area (Å²) in [7, 11) is 1.56. The first-order valence-corrected chi connectivity index (χ1v) is 11.7. The van der Waals surface area contributed by atoms with Gasteiger partial charge in [0.05, 0.1) is 36.9 Å². The van der Waals surface area contributed by atoms with E-state index in [0.717, 1.165) is 29.3 Å². The van der Waals surface area contributed by atoms with E-state index in [-0.39, 0.29) is 12.3 Å². The topological polar surface area (TPSA) is 95.1 Å². The van der Waals surface area contributed by atoms with Gasteiger partial charge in [0.25, 0.3) is 0 Å². The zero-order valence-electron chi connectivity index (χ0n) is 18.1. The van der Waals surface area contributed by atoms with E-state index in [1.807, 2.05) is 36.5 Å². The molecule has 9 heteroatoms. The molecule has 168 valence electrons. The zero-order valence-corrected chi connectivity index (χ0v) is 18.9. The number of nitrogens with zero attached hydrogens (tertiary/aromatic N) is 4. The van der Waals surface area contributed by atoms with Gasteiger partial charge in [0, 0.05) is 6.04 Å². The number of carbonyl (C=O) groups excluding carboxylic acids is 1. The highest BCUT2D eigenvalue weighted by molar-refractivity contribution is 7.98. The Bertz CT molecular complexity index is 1250. The summed E-state index contributed by atoms with van der Waals surface area (Å²) in [5.74, 6) is 1.65. The van der Waals surface area contributed by atoms with Gasteiger partial charge in [-0.3, -0.25) is 4.79 Å². The molecular formula is C24H23N5O3S.